The van der Waals surface area contributed by atoms with Crippen molar-refractivity contribution in [1.29, 1.82) is 0 Å². The van der Waals surface area contributed by atoms with Crippen molar-refractivity contribution in [2.45, 2.75) is 26.1 Å². The van der Waals surface area contributed by atoms with Crippen molar-refractivity contribution < 1.29 is 13.2 Å². The molecule has 0 fully saturated rings. The quantitative estimate of drug-likeness (QED) is 0.616. The Hall–Kier alpha value is -1.66. The zero-order valence-corrected chi connectivity index (χ0v) is 10.9. The van der Waals surface area contributed by atoms with Gasteiger partial charge in [-0.15, -0.1) is 0 Å². The van der Waals surface area contributed by atoms with Crippen LogP contribution in [0.4, 0.5) is 13.2 Å². The molecule has 0 aliphatic rings. The summed E-state index contributed by atoms with van der Waals surface area (Å²) in [5.41, 5.74) is 0. The van der Waals surface area contributed by atoms with Gasteiger partial charge in [0.15, 0.2) is 5.96 Å². The number of aromatic nitrogens is 1. The van der Waals surface area contributed by atoms with E-state index >= 15 is 0 Å². The van der Waals surface area contributed by atoms with Crippen LogP contribution in [0, 0.1) is 0 Å². The van der Waals surface area contributed by atoms with E-state index in [-0.39, 0.29) is 6.54 Å². The fourth-order valence-electron chi connectivity index (χ4n) is 1.46. The standard InChI is InChI=1S/C12H19F3N4/c1-2-16-11(17-6-5-12(13,14)15)18-7-10-19-8-3-4-9-19/h3-4,8-9H,2,5-7,10H2,1H3,(H2,16,17,18). The molecule has 19 heavy (non-hydrogen) atoms. The fourth-order valence-corrected chi connectivity index (χ4v) is 1.46. The highest BCUT2D eigenvalue weighted by Gasteiger charge is 2.26. The molecule has 0 saturated carbocycles. The highest BCUT2D eigenvalue weighted by molar-refractivity contribution is 5.79. The first-order valence-electron chi connectivity index (χ1n) is 6.21. The highest BCUT2D eigenvalue weighted by Crippen LogP contribution is 2.18. The van der Waals surface area contributed by atoms with Crippen LogP contribution < -0.4 is 10.6 Å². The van der Waals surface area contributed by atoms with Crippen LogP contribution in [-0.2, 0) is 6.54 Å². The fraction of sp³-hybridized carbons (Fsp3) is 0.583. The summed E-state index contributed by atoms with van der Waals surface area (Å²) in [4.78, 5) is 3.88. The molecule has 4 nitrogen and oxygen atoms in total. The van der Waals surface area contributed by atoms with E-state index in [1.165, 1.54) is 0 Å². The summed E-state index contributed by atoms with van der Waals surface area (Å²) < 4.78 is 38.0. The van der Waals surface area contributed by atoms with Crippen LogP contribution in [0.2, 0.25) is 0 Å². The molecule has 1 aromatic heterocycles. The van der Waals surface area contributed by atoms with Crippen LogP contribution in [0.3, 0.4) is 0 Å². The van der Waals surface area contributed by atoms with Crippen molar-refractivity contribution in [3.63, 3.8) is 0 Å². The lowest BCUT2D eigenvalue weighted by Crippen LogP contribution is -2.39. The molecule has 1 heterocycles. The molecule has 7 heteroatoms. The minimum absolute atomic E-state index is 0.262. The van der Waals surface area contributed by atoms with Gasteiger partial charge in [0.1, 0.15) is 0 Å². The second-order valence-corrected chi connectivity index (χ2v) is 3.97. The number of nitrogens with zero attached hydrogens (tertiary/aromatic N) is 2. The number of hydrogen-bond acceptors (Lipinski definition) is 1. The smallest absolute Gasteiger partial charge is 0.357 e. The van der Waals surface area contributed by atoms with Gasteiger partial charge in [-0.3, -0.25) is 4.99 Å². The zero-order chi connectivity index (χ0) is 14.1. The van der Waals surface area contributed by atoms with E-state index in [0.29, 0.717) is 19.0 Å². The summed E-state index contributed by atoms with van der Waals surface area (Å²) in [6, 6.07) is 3.84. The number of aliphatic imine (C=N–C) groups is 1. The maximum Gasteiger partial charge on any atom is 0.390 e. The van der Waals surface area contributed by atoms with E-state index in [2.05, 4.69) is 15.6 Å². The molecule has 0 amide bonds. The highest BCUT2D eigenvalue weighted by atomic mass is 19.4. The Kier molecular flexibility index (Phi) is 6.24. The van der Waals surface area contributed by atoms with Crippen LogP contribution in [0.1, 0.15) is 13.3 Å². The SMILES string of the molecule is CCNC(=NCCC(F)(F)F)NCCn1cccc1. The number of guanidine groups is 1. The Morgan fingerprint density at radius 1 is 1.21 bits per heavy atom. The Morgan fingerprint density at radius 3 is 2.47 bits per heavy atom. The average Bonchev–Trinajstić information content (AvgIpc) is 2.80. The van der Waals surface area contributed by atoms with Gasteiger partial charge in [0, 0.05) is 32.0 Å². The molecule has 0 aliphatic carbocycles. The van der Waals surface area contributed by atoms with Crippen LogP contribution >= 0.6 is 0 Å². The van der Waals surface area contributed by atoms with Crippen LogP contribution in [0.5, 0.6) is 0 Å². The van der Waals surface area contributed by atoms with Gasteiger partial charge in [0.25, 0.3) is 0 Å². The minimum atomic E-state index is -4.16. The molecule has 1 aromatic rings. The van der Waals surface area contributed by atoms with E-state index < -0.39 is 12.6 Å². The van der Waals surface area contributed by atoms with Gasteiger partial charge in [-0.2, -0.15) is 13.2 Å². The van der Waals surface area contributed by atoms with Crippen molar-refractivity contribution in [2.75, 3.05) is 19.6 Å². The second-order valence-electron chi connectivity index (χ2n) is 3.97. The van der Waals surface area contributed by atoms with Crippen molar-refractivity contribution in [3.8, 4) is 0 Å². The van der Waals surface area contributed by atoms with E-state index in [1.807, 2.05) is 36.0 Å². The van der Waals surface area contributed by atoms with Crippen LogP contribution in [-0.4, -0.2) is 36.3 Å². The lowest BCUT2D eigenvalue weighted by molar-refractivity contribution is -0.132. The minimum Gasteiger partial charge on any atom is -0.357 e. The molecular weight excluding hydrogens is 257 g/mol. The molecule has 0 atom stereocenters. The maximum absolute atomic E-state index is 12.0. The molecule has 0 saturated heterocycles. The maximum atomic E-state index is 12.0. The largest absolute Gasteiger partial charge is 0.390 e. The Balaban J connectivity index is 2.32. The molecule has 0 spiro atoms. The number of rotatable bonds is 6. The first kappa shape index (κ1) is 15.4. The molecule has 0 unspecified atom stereocenters. The van der Waals surface area contributed by atoms with Gasteiger partial charge < -0.3 is 15.2 Å². The van der Waals surface area contributed by atoms with Gasteiger partial charge >= 0.3 is 6.18 Å². The number of alkyl halides is 3. The van der Waals surface area contributed by atoms with E-state index in [9.17, 15) is 13.2 Å². The Morgan fingerprint density at radius 2 is 1.89 bits per heavy atom. The van der Waals surface area contributed by atoms with Gasteiger partial charge in [-0.1, -0.05) is 0 Å². The molecule has 2 N–H and O–H groups in total. The van der Waals surface area contributed by atoms with Crippen molar-refractivity contribution in [1.82, 2.24) is 15.2 Å². The lowest BCUT2D eigenvalue weighted by Gasteiger charge is -2.12. The molecule has 0 bridgehead atoms. The summed E-state index contributed by atoms with van der Waals surface area (Å²) in [7, 11) is 0. The van der Waals surface area contributed by atoms with Crippen molar-refractivity contribution in [2.24, 2.45) is 4.99 Å². The van der Waals surface area contributed by atoms with Crippen molar-refractivity contribution in [3.05, 3.63) is 24.5 Å². The third-order valence-corrected chi connectivity index (χ3v) is 2.34. The number of hydrogen-bond donors (Lipinski definition) is 2. The monoisotopic (exact) mass is 276 g/mol. The third kappa shape index (κ3) is 7.38. The zero-order valence-electron chi connectivity index (χ0n) is 10.9. The molecular formula is C12H19F3N4. The van der Waals surface area contributed by atoms with E-state index in [1.54, 1.807) is 0 Å². The van der Waals surface area contributed by atoms with Gasteiger partial charge in [0.05, 0.1) is 13.0 Å². The number of nitrogens with one attached hydrogen (secondary N) is 2. The topological polar surface area (TPSA) is 41.4 Å². The summed E-state index contributed by atoms with van der Waals surface area (Å²) in [5, 5.41) is 5.91. The van der Waals surface area contributed by atoms with Gasteiger partial charge in [-0.05, 0) is 19.1 Å². The van der Waals surface area contributed by atoms with Gasteiger partial charge in [-0.25, -0.2) is 0 Å². The predicted molar refractivity (Wildman–Crippen MR) is 69.1 cm³/mol. The molecule has 0 radical (unpaired) electrons. The lowest BCUT2D eigenvalue weighted by atomic mass is 10.4. The molecule has 0 aliphatic heterocycles. The molecule has 0 aromatic carbocycles. The predicted octanol–water partition coefficient (Wildman–Crippen LogP) is 2.00. The average molecular weight is 276 g/mol. The first-order valence-corrected chi connectivity index (χ1v) is 6.21. The molecule has 1 rings (SSSR count). The van der Waals surface area contributed by atoms with Crippen LogP contribution in [0.25, 0.3) is 0 Å². The Bertz CT molecular complexity index is 371. The first-order chi connectivity index (χ1) is 9.01. The second kappa shape index (κ2) is 7.70. The van der Waals surface area contributed by atoms with Gasteiger partial charge in [0.2, 0.25) is 0 Å². The normalized spacial score (nSPS) is 12.5. The summed E-state index contributed by atoms with van der Waals surface area (Å²) in [6.45, 7) is 3.56. The number of halogens is 3. The summed E-state index contributed by atoms with van der Waals surface area (Å²) in [5.74, 6) is 0.416. The van der Waals surface area contributed by atoms with Crippen LogP contribution in [0.15, 0.2) is 29.5 Å². The Labute approximate surface area is 110 Å². The summed E-state index contributed by atoms with van der Waals surface area (Å²) in [6.07, 6.45) is -1.21. The van der Waals surface area contributed by atoms with E-state index in [0.717, 1.165) is 6.54 Å². The van der Waals surface area contributed by atoms with Crippen molar-refractivity contribution >= 4 is 5.96 Å². The van der Waals surface area contributed by atoms with E-state index in [4.69, 9.17) is 0 Å². The molecule has 108 valence electrons. The third-order valence-electron chi connectivity index (χ3n) is 2.34. The summed E-state index contributed by atoms with van der Waals surface area (Å²) >= 11 is 0.